The molecule has 1 aromatic rings. The van der Waals surface area contributed by atoms with Crippen molar-refractivity contribution in [3.63, 3.8) is 0 Å². The Labute approximate surface area is 129 Å². The predicted molar refractivity (Wildman–Crippen MR) is 77.5 cm³/mol. The Morgan fingerprint density at radius 1 is 1.27 bits per heavy atom. The minimum Gasteiger partial charge on any atom is -0.488 e. The van der Waals surface area contributed by atoms with Crippen LogP contribution >= 0.6 is 0 Å². The lowest BCUT2D eigenvalue weighted by Gasteiger charge is -2.42. The van der Waals surface area contributed by atoms with E-state index < -0.39 is 29.9 Å². The highest BCUT2D eigenvalue weighted by Gasteiger charge is 2.62. The normalized spacial score (nSPS) is 36.8. The van der Waals surface area contributed by atoms with Crippen molar-refractivity contribution < 1.29 is 28.8 Å². The molecule has 6 nitrogen and oxygen atoms in total. The fourth-order valence-electron chi connectivity index (χ4n) is 2.98. The van der Waals surface area contributed by atoms with E-state index in [4.69, 9.17) is 23.7 Å². The van der Waals surface area contributed by atoms with Crippen LogP contribution in [0.25, 0.3) is 0 Å². The van der Waals surface area contributed by atoms with Crippen LogP contribution in [0.4, 0.5) is 0 Å². The maximum atomic E-state index is 10.1. The van der Waals surface area contributed by atoms with Gasteiger partial charge in [-0.15, -0.1) is 0 Å². The van der Waals surface area contributed by atoms with Gasteiger partial charge in [0.15, 0.2) is 5.79 Å². The Balaban J connectivity index is 1.81. The molecule has 4 atom stereocenters. The van der Waals surface area contributed by atoms with Gasteiger partial charge in [0.1, 0.15) is 30.7 Å². The fraction of sp³-hybridized carbons (Fsp3) is 0.625. The Kier molecular flexibility index (Phi) is 4.13. The van der Waals surface area contributed by atoms with Gasteiger partial charge in [-0.3, -0.25) is 0 Å². The predicted octanol–water partition coefficient (Wildman–Crippen LogP) is 1.32. The van der Waals surface area contributed by atoms with E-state index in [0.29, 0.717) is 5.75 Å². The first-order chi connectivity index (χ1) is 10.5. The van der Waals surface area contributed by atoms with E-state index >= 15 is 0 Å². The second kappa shape index (κ2) is 5.79. The number of rotatable bonds is 4. The molecule has 0 spiro atoms. The molecule has 0 unspecified atom stereocenters. The molecule has 1 aromatic carbocycles. The number of aliphatic hydroxyl groups excluding tert-OH is 1. The van der Waals surface area contributed by atoms with E-state index in [0.717, 1.165) is 0 Å². The van der Waals surface area contributed by atoms with Crippen LogP contribution in [0.2, 0.25) is 0 Å². The minimum atomic E-state index is -1.10. The standard InChI is InChI=1S/C16H22O6/c1-15(2)21-14-13(18-3)12(17)9-20-16(14,22-15)10-19-11-7-5-4-6-8-11/h4-8,12-14,17H,9-10H2,1-3H3/t12-,13-,14+,16+/m1/s1. The number of hydrogen-bond acceptors (Lipinski definition) is 6. The zero-order valence-electron chi connectivity index (χ0n) is 13.0. The zero-order valence-corrected chi connectivity index (χ0v) is 13.0. The van der Waals surface area contributed by atoms with Crippen LogP contribution in [0.5, 0.6) is 5.75 Å². The molecule has 2 aliphatic heterocycles. The lowest BCUT2D eigenvalue weighted by Crippen LogP contribution is -2.62. The van der Waals surface area contributed by atoms with E-state index in [-0.39, 0.29) is 13.2 Å². The van der Waals surface area contributed by atoms with Gasteiger partial charge < -0.3 is 28.8 Å². The number of para-hydroxylation sites is 1. The summed E-state index contributed by atoms with van der Waals surface area (Å²) in [4.78, 5) is 0. The van der Waals surface area contributed by atoms with Crippen molar-refractivity contribution in [3.05, 3.63) is 30.3 Å². The van der Waals surface area contributed by atoms with Gasteiger partial charge >= 0.3 is 0 Å². The number of ether oxygens (including phenoxy) is 5. The topological polar surface area (TPSA) is 66.4 Å². The van der Waals surface area contributed by atoms with Crippen molar-refractivity contribution in [1.82, 2.24) is 0 Å². The Morgan fingerprint density at radius 3 is 2.68 bits per heavy atom. The lowest BCUT2D eigenvalue weighted by molar-refractivity contribution is -0.303. The maximum Gasteiger partial charge on any atom is 0.235 e. The van der Waals surface area contributed by atoms with E-state index in [9.17, 15) is 5.11 Å². The number of hydrogen-bond donors (Lipinski definition) is 1. The van der Waals surface area contributed by atoms with Gasteiger partial charge in [0.2, 0.25) is 5.79 Å². The van der Waals surface area contributed by atoms with Crippen molar-refractivity contribution >= 4 is 0 Å². The fourth-order valence-corrected chi connectivity index (χ4v) is 2.98. The number of benzene rings is 1. The molecule has 2 aliphatic rings. The lowest BCUT2D eigenvalue weighted by atomic mass is 9.97. The molecule has 0 amide bonds. The van der Waals surface area contributed by atoms with Gasteiger partial charge in [0, 0.05) is 7.11 Å². The van der Waals surface area contributed by atoms with Crippen molar-refractivity contribution in [1.29, 1.82) is 0 Å². The van der Waals surface area contributed by atoms with Crippen molar-refractivity contribution in [2.45, 2.75) is 43.7 Å². The van der Waals surface area contributed by atoms with Gasteiger partial charge in [-0.05, 0) is 26.0 Å². The molecule has 2 saturated heterocycles. The summed E-state index contributed by atoms with van der Waals surface area (Å²) in [7, 11) is 1.54. The molecule has 0 bridgehead atoms. The third kappa shape index (κ3) is 2.85. The summed E-state index contributed by atoms with van der Waals surface area (Å²) in [6.45, 7) is 3.86. The zero-order chi connectivity index (χ0) is 15.8. The molecule has 0 aliphatic carbocycles. The van der Waals surface area contributed by atoms with Crippen LogP contribution in [0.1, 0.15) is 13.8 Å². The number of methoxy groups -OCH3 is 1. The third-order valence-electron chi connectivity index (χ3n) is 3.89. The quantitative estimate of drug-likeness (QED) is 0.905. The highest BCUT2D eigenvalue weighted by atomic mass is 16.9. The molecule has 6 heteroatoms. The monoisotopic (exact) mass is 310 g/mol. The van der Waals surface area contributed by atoms with E-state index in [1.54, 1.807) is 13.8 Å². The third-order valence-corrected chi connectivity index (χ3v) is 3.89. The van der Waals surface area contributed by atoms with E-state index in [2.05, 4.69) is 0 Å². The highest BCUT2D eigenvalue weighted by molar-refractivity contribution is 5.21. The van der Waals surface area contributed by atoms with Crippen LogP contribution in [0, 0.1) is 0 Å². The van der Waals surface area contributed by atoms with Gasteiger partial charge in [-0.2, -0.15) is 0 Å². The molecular formula is C16H22O6. The first-order valence-corrected chi connectivity index (χ1v) is 7.36. The Hall–Kier alpha value is -1.18. The molecule has 22 heavy (non-hydrogen) atoms. The van der Waals surface area contributed by atoms with Crippen molar-refractivity contribution in [2.24, 2.45) is 0 Å². The Bertz CT molecular complexity index is 505. The smallest absolute Gasteiger partial charge is 0.235 e. The van der Waals surface area contributed by atoms with E-state index in [1.807, 2.05) is 30.3 Å². The summed E-state index contributed by atoms with van der Waals surface area (Å²) in [5, 5.41) is 10.1. The van der Waals surface area contributed by atoms with Gasteiger partial charge in [0.05, 0.1) is 6.61 Å². The number of fused-ring (bicyclic) bond motifs is 1. The van der Waals surface area contributed by atoms with Crippen LogP contribution < -0.4 is 4.74 Å². The summed E-state index contributed by atoms with van der Waals surface area (Å²) >= 11 is 0. The first kappa shape index (κ1) is 15.7. The Morgan fingerprint density at radius 2 is 2.00 bits per heavy atom. The summed E-state index contributed by atoms with van der Waals surface area (Å²) in [5.74, 6) is -1.22. The molecule has 2 heterocycles. The van der Waals surface area contributed by atoms with Crippen LogP contribution in [-0.4, -0.2) is 55.3 Å². The molecule has 122 valence electrons. The van der Waals surface area contributed by atoms with Gasteiger partial charge in [0.25, 0.3) is 0 Å². The second-order valence-corrected chi connectivity index (χ2v) is 6.03. The molecule has 0 saturated carbocycles. The average molecular weight is 310 g/mol. The summed E-state index contributed by atoms with van der Waals surface area (Å²) in [5.41, 5.74) is 0. The molecular weight excluding hydrogens is 288 g/mol. The highest BCUT2D eigenvalue weighted by Crippen LogP contribution is 2.43. The molecule has 0 radical (unpaired) electrons. The first-order valence-electron chi connectivity index (χ1n) is 7.36. The molecule has 1 N–H and O–H groups in total. The molecule has 0 aromatic heterocycles. The van der Waals surface area contributed by atoms with Crippen LogP contribution in [-0.2, 0) is 18.9 Å². The molecule has 2 fully saturated rings. The van der Waals surface area contributed by atoms with Crippen LogP contribution in [0.3, 0.4) is 0 Å². The SMILES string of the molecule is CO[C@@H]1[C@H](O)CO[C@@]2(COc3ccccc3)OC(C)(C)O[C@@H]12. The molecule has 3 rings (SSSR count). The largest absolute Gasteiger partial charge is 0.488 e. The van der Waals surface area contributed by atoms with Crippen molar-refractivity contribution in [3.8, 4) is 5.75 Å². The average Bonchev–Trinajstić information content (AvgIpc) is 2.77. The summed E-state index contributed by atoms with van der Waals surface area (Å²) in [6.07, 6.45) is -1.87. The van der Waals surface area contributed by atoms with Gasteiger partial charge in [-0.1, -0.05) is 18.2 Å². The summed E-state index contributed by atoms with van der Waals surface area (Å²) < 4.78 is 28.9. The summed E-state index contributed by atoms with van der Waals surface area (Å²) in [6, 6.07) is 9.42. The van der Waals surface area contributed by atoms with E-state index in [1.165, 1.54) is 7.11 Å². The second-order valence-electron chi connectivity index (χ2n) is 6.03. The van der Waals surface area contributed by atoms with Gasteiger partial charge in [-0.25, -0.2) is 0 Å². The number of aliphatic hydroxyl groups is 1. The van der Waals surface area contributed by atoms with Crippen LogP contribution in [0.15, 0.2) is 30.3 Å². The van der Waals surface area contributed by atoms with Crippen molar-refractivity contribution in [2.75, 3.05) is 20.3 Å². The maximum absolute atomic E-state index is 10.1. The minimum absolute atomic E-state index is 0.104.